The molecule has 50 heavy (non-hydrogen) atoms. The number of likely N-dealkylation sites (tertiary alicyclic amines) is 2. The van der Waals surface area contributed by atoms with E-state index in [1.807, 2.05) is 59.7 Å². The van der Waals surface area contributed by atoms with Gasteiger partial charge >= 0.3 is 12.1 Å². The van der Waals surface area contributed by atoms with Crippen LogP contribution in [0.25, 0.3) is 0 Å². The Balaban J connectivity index is 1.34. The summed E-state index contributed by atoms with van der Waals surface area (Å²) in [6.07, 6.45) is 8.67. The number of hydrogen-bond acceptors (Lipinski definition) is 8. The topological polar surface area (TPSA) is 138 Å². The van der Waals surface area contributed by atoms with Crippen LogP contribution >= 0.6 is 0 Å². The molecule has 3 amide bonds. The van der Waals surface area contributed by atoms with Crippen LogP contribution in [-0.4, -0.2) is 81.1 Å². The molecule has 1 unspecified atom stereocenters. The third-order valence-corrected chi connectivity index (χ3v) is 9.12. The van der Waals surface area contributed by atoms with Gasteiger partial charge in [0, 0.05) is 45.0 Å². The number of benzene rings is 1. The maximum Gasteiger partial charge on any atom is 0.410 e. The van der Waals surface area contributed by atoms with Crippen LogP contribution in [0, 0.1) is 11.8 Å². The number of ether oxygens (including phenoxy) is 2. The third-order valence-electron chi connectivity index (χ3n) is 9.12. The number of pyridine rings is 1. The molecule has 3 heterocycles. The molecule has 0 spiro atoms. The SMILES string of the molecule is CC(C)(C)OC(=O)CC(NC(=O)[C@@H]1CCCN(C(=O)CCC2CCN(C(=O)OC(C)(C)C)CC2)C1)c1cncc(CCc2cccc(O)c2)c1. The number of aromatic nitrogens is 1. The third kappa shape index (κ3) is 12.6. The van der Waals surface area contributed by atoms with Gasteiger partial charge in [0.1, 0.15) is 17.0 Å². The van der Waals surface area contributed by atoms with Crippen LogP contribution in [0.5, 0.6) is 5.75 Å². The Labute approximate surface area is 297 Å². The first-order valence-corrected chi connectivity index (χ1v) is 18.0. The number of phenols is 1. The molecule has 2 aliphatic heterocycles. The molecule has 2 fully saturated rings. The van der Waals surface area contributed by atoms with Crippen molar-refractivity contribution >= 4 is 23.9 Å². The first kappa shape index (κ1) is 38.6. The Morgan fingerprint density at radius 1 is 0.900 bits per heavy atom. The van der Waals surface area contributed by atoms with Gasteiger partial charge in [-0.2, -0.15) is 0 Å². The number of carbonyl (C=O) groups is 4. The van der Waals surface area contributed by atoms with Gasteiger partial charge in [-0.15, -0.1) is 0 Å². The largest absolute Gasteiger partial charge is 0.508 e. The van der Waals surface area contributed by atoms with E-state index in [0.29, 0.717) is 63.3 Å². The minimum atomic E-state index is -0.674. The molecule has 2 saturated heterocycles. The molecule has 1 aromatic heterocycles. The van der Waals surface area contributed by atoms with Crippen molar-refractivity contribution in [2.75, 3.05) is 26.2 Å². The minimum Gasteiger partial charge on any atom is -0.508 e. The first-order valence-electron chi connectivity index (χ1n) is 18.0. The first-order chi connectivity index (χ1) is 23.5. The fraction of sp³-hybridized carbons (Fsp3) is 0.615. The summed E-state index contributed by atoms with van der Waals surface area (Å²) in [7, 11) is 0. The second-order valence-corrected chi connectivity index (χ2v) is 15.8. The van der Waals surface area contributed by atoms with E-state index in [1.165, 1.54) is 0 Å². The molecular weight excluding hydrogens is 636 g/mol. The van der Waals surface area contributed by atoms with Gasteiger partial charge in [0.15, 0.2) is 0 Å². The lowest BCUT2D eigenvalue weighted by Crippen LogP contribution is -2.46. The van der Waals surface area contributed by atoms with Gasteiger partial charge in [0.25, 0.3) is 0 Å². The zero-order chi connectivity index (χ0) is 36.5. The van der Waals surface area contributed by atoms with Crippen molar-refractivity contribution in [2.24, 2.45) is 11.8 Å². The molecule has 1 aromatic carbocycles. The van der Waals surface area contributed by atoms with Crippen LogP contribution in [-0.2, 0) is 36.7 Å². The Morgan fingerprint density at radius 3 is 2.28 bits per heavy atom. The lowest BCUT2D eigenvalue weighted by Gasteiger charge is -2.35. The molecule has 2 aromatic rings. The van der Waals surface area contributed by atoms with Crippen molar-refractivity contribution in [3.8, 4) is 5.75 Å². The predicted molar refractivity (Wildman–Crippen MR) is 190 cm³/mol. The minimum absolute atomic E-state index is 0.0472. The number of rotatable bonds is 11. The molecular formula is C39H56N4O7. The lowest BCUT2D eigenvalue weighted by atomic mass is 9.91. The van der Waals surface area contributed by atoms with Crippen molar-refractivity contribution in [3.63, 3.8) is 0 Å². The van der Waals surface area contributed by atoms with Crippen molar-refractivity contribution in [3.05, 3.63) is 59.4 Å². The highest BCUT2D eigenvalue weighted by molar-refractivity contribution is 5.82. The molecule has 0 aliphatic carbocycles. The van der Waals surface area contributed by atoms with Crippen molar-refractivity contribution in [1.82, 2.24) is 20.1 Å². The predicted octanol–water partition coefficient (Wildman–Crippen LogP) is 6.13. The van der Waals surface area contributed by atoms with E-state index in [2.05, 4.69) is 10.3 Å². The smallest absolute Gasteiger partial charge is 0.410 e. The highest BCUT2D eigenvalue weighted by Crippen LogP contribution is 2.27. The average Bonchev–Trinajstić information content (AvgIpc) is 3.05. The molecule has 4 rings (SSSR count). The molecule has 274 valence electrons. The number of esters is 1. The molecule has 2 atom stereocenters. The fourth-order valence-electron chi connectivity index (χ4n) is 6.56. The second kappa shape index (κ2) is 17.2. The monoisotopic (exact) mass is 692 g/mol. The van der Waals surface area contributed by atoms with Gasteiger partial charge in [-0.3, -0.25) is 19.4 Å². The lowest BCUT2D eigenvalue weighted by molar-refractivity contribution is -0.155. The summed E-state index contributed by atoms with van der Waals surface area (Å²) >= 11 is 0. The van der Waals surface area contributed by atoms with Gasteiger partial charge in [-0.1, -0.05) is 18.2 Å². The number of piperidine rings is 2. The van der Waals surface area contributed by atoms with Crippen molar-refractivity contribution in [2.45, 2.75) is 117 Å². The number of nitrogens with one attached hydrogen (secondary N) is 1. The van der Waals surface area contributed by atoms with Crippen LogP contribution in [0.15, 0.2) is 42.7 Å². The summed E-state index contributed by atoms with van der Waals surface area (Å²) in [5.74, 6) is -0.394. The Morgan fingerprint density at radius 2 is 1.60 bits per heavy atom. The maximum atomic E-state index is 13.7. The number of aryl methyl sites for hydroxylation is 2. The average molecular weight is 693 g/mol. The van der Waals surface area contributed by atoms with E-state index in [4.69, 9.17) is 9.47 Å². The van der Waals surface area contributed by atoms with E-state index >= 15 is 0 Å². The number of carbonyl (C=O) groups excluding carboxylic acids is 4. The molecule has 0 saturated carbocycles. The molecule has 2 N–H and O–H groups in total. The van der Waals surface area contributed by atoms with E-state index < -0.39 is 29.1 Å². The maximum absolute atomic E-state index is 13.7. The number of nitrogens with zero attached hydrogens (tertiary/aromatic N) is 3. The van der Waals surface area contributed by atoms with Crippen LogP contribution < -0.4 is 5.32 Å². The summed E-state index contributed by atoms with van der Waals surface area (Å²) in [5, 5.41) is 12.9. The van der Waals surface area contributed by atoms with Crippen molar-refractivity contribution < 1.29 is 33.8 Å². The zero-order valence-corrected chi connectivity index (χ0v) is 30.7. The Bertz CT molecular complexity index is 1470. The Kier molecular flexibility index (Phi) is 13.3. The van der Waals surface area contributed by atoms with Gasteiger partial charge < -0.3 is 29.7 Å². The van der Waals surface area contributed by atoms with Crippen LogP contribution in [0.4, 0.5) is 4.79 Å². The standard InChI is InChI=1S/C39H56N4O7/c1-38(2,3)49-35(46)23-33(31-21-29(24-40-25-31)13-12-28-9-7-11-32(44)22-28)41-36(47)30-10-8-18-43(26-30)34(45)15-14-27-16-19-42(20-17-27)37(48)50-39(4,5)6/h7,9,11,21-22,24-25,27,30,33,44H,8,10,12-20,23,26H2,1-6H3,(H,41,47)/t30-,33?/m1/s1. The molecule has 11 heteroatoms. The fourth-order valence-corrected chi connectivity index (χ4v) is 6.56. The molecule has 0 radical (unpaired) electrons. The molecule has 0 bridgehead atoms. The van der Waals surface area contributed by atoms with Gasteiger partial charge in [0.05, 0.1) is 18.4 Å². The van der Waals surface area contributed by atoms with Gasteiger partial charge in [-0.05, 0) is 121 Å². The number of phenolic OH excluding ortho intramolecular Hbond substituents is 1. The highest BCUT2D eigenvalue weighted by atomic mass is 16.6. The summed E-state index contributed by atoms with van der Waals surface area (Å²) in [4.78, 5) is 60.4. The normalized spacial score (nSPS) is 17.9. The number of aromatic hydroxyl groups is 1. The van der Waals surface area contributed by atoms with Crippen LogP contribution in [0.1, 0.15) is 109 Å². The summed E-state index contributed by atoms with van der Waals surface area (Å²) < 4.78 is 11.1. The van der Waals surface area contributed by atoms with E-state index in [9.17, 15) is 24.3 Å². The highest BCUT2D eigenvalue weighted by Gasteiger charge is 2.32. The zero-order valence-electron chi connectivity index (χ0n) is 30.7. The van der Waals surface area contributed by atoms with E-state index in [1.54, 1.807) is 34.3 Å². The van der Waals surface area contributed by atoms with Gasteiger partial charge in [0.2, 0.25) is 11.8 Å². The molecule has 2 aliphatic rings. The van der Waals surface area contributed by atoms with E-state index in [-0.39, 0.29) is 30.1 Å². The summed E-state index contributed by atoms with van der Waals surface area (Å²) in [5.41, 5.74) is 1.44. The van der Waals surface area contributed by atoms with Gasteiger partial charge in [-0.25, -0.2) is 4.79 Å². The number of hydrogen-bond donors (Lipinski definition) is 2. The Hall–Kier alpha value is -4.15. The summed E-state index contributed by atoms with van der Waals surface area (Å²) in [6.45, 7) is 13.2. The van der Waals surface area contributed by atoms with E-state index in [0.717, 1.165) is 36.8 Å². The number of amides is 3. The van der Waals surface area contributed by atoms with Crippen LogP contribution in [0.3, 0.4) is 0 Å². The summed E-state index contributed by atoms with van der Waals surface area (Å²) in [6, 6.07) is 8.45. The van der Waals surface area contributed by atoms with Crippen molar-refractivity contribution in [1.29, 1.82) is 0 Å². The second-order valence-electron chi connectivity index (χ2n) is 15.8. The quantitative estimate of drug-likeness (QED) is 0.269. The van der Waals surface area contributed by atoms with Crippen LogP contribution in [0.2, 0.25) is 0 Å². The molecule has 11 nitrogen and oxygen atoms in total.